The summed E-state index contributed by atoms with van der Waals surface area (Å²) in [4.78, 5) is 0. The molecule has 0 radical (unpaired) electrons. The summed E-state index contributed by atoms with van der Waals surface area (Å²) in [5, 5.41) is 21.1. The van der Waals surface area contributed by atoms with Crippen LogP contribution in [0.5, 0.6) is 11.5 Å². The van der Waals surface area contributed by atoms with Crippen molar-refractivity contribution in [3.8, 4) is 11.5 Å². The van der Waals surface area contributed by atoms with Crippen molar-refractivity contribution < 1.29 is 10.2 Å². The van der Waals surface area contributed by atoms with Crippen LogP contribution in [0.3, 0.4) is 0 Å². The lowest BCUT2D eigenvalue weighted by molar-refractivity contribution is 0.480. The Morgan fingerprint density at radius 3 is 1.59 bits per heavy atom. The van der Waals surface area contributed by atoms with Gasteiger partial charge in [0, 0.05) is 20.2 Å². The third-order valence-electron chi connectivity index (χ3n) is 2.81. The van der Waals surface area contributed by atoms with Crippen LogP contribution in [0, 0.1) is 0 Å². The van der Waals surface area contributed by atoms with E-state index in [2.05, 4.69) is 0 Å². The molecule has 17 heavy (non-hydrogen) atoms. The van der Waals surface area contributed by atoms with E-state index in [1.54, 1.807) is 12.1 Å². The van der Waals surface area contributed by atoms with Crippen LogP contribution in [-0.4, -0.2) is 10.2 Å². The molecule has 1 heterocycles. The summed E-state index contributed by atoms with van der Waals surface area (Å²) in [6.07, 6.45) is 0. The van der Waals surface area contributed by atoms with Crippen molar-refractivity contribution >= 4 is 42.9 Å². The number of nitrogens with two attached hydrogens (primary N) is 2. The fourth-order valence-corrected chi connectivity index (χ4v) is 3.06. The molecule has 0 atom stereocenters. The largest absolute Gasteiger partial charge is 0.505 e. The van der Waals surface area contributed by atoms with Gasteiger partial charge in [0.1, 0.15) is 11.5 Å². The number of fused-ring (bicyclic) bond motifs is 3. The highest BCUT2D eigenvalue weighted by Crippen LogP contribution is 2.46. The molecule has 0 fully saturated rings. The number of hydrogen-bond acceptors (Lipinski definition) is 5. The monoisotopic (exact) mass is 246 g/mol. The maximum Gasteiger partial charge on any atom is 0.147 e. The SMILES string of the molecule is Nc1ccc2sc3ccc(N)c(O)c3c2c1O. The summed E-state index contributed by atoms with van der Waals surface area (Å²) >= 11 is 1.48. The Balaban J connectivity index is 2.65. The van der Waals surface area contributed by atoms with Gasteiger partial charge in [-0.2, -0.15) is 0 Å². The van der Waals surface area contributed by atoms with E-state index >= 15 is 0 Å². The number of nitrogen functional groups attached to an aromatic ring is 2. The summed E-state index contributed by atoms with van der Waals surface area (Å²) in [5.74, 6) is -0.00991. The van der Waals surface area contributed by atoms with Crippen LogP contribution in [0.1, 0.15) is 0 Å². The summed E-state index contributed by atoms with van der Waals surface area (Å²) < 4.78 is 1.74. The number of rotatable bonds is 0. The fourth-order valence-electron chi connectivity index (χ4n) is 1.95. The predicted octanol–water partition coefficient (Wildman–Crippen LogP) is 2.63. The smallest absolute Gasteiger partial charge is 0.147 e. The van der Waals surface area contributed by atoms with E-state index in [0.29, 0.717) is 22.1 Å². The second-order valence-corrected chi connectivity index (χ2v) is 4.94. The van der Waals surface area contributed by atoms with Crippen LogP contribution in [0.15, 0.2) is 24.3 Å². The number of phenolic OH excluding ortho intramolecular Hbond substituents is 2. The highest BCUT2D eigenvalue weighted by Gasteiger charge is 2.15. The van der Waals surface area contributed by atoms with Crippen LogP contribution in [0.25, 0.3) is 20.2 Å². The third kappa shape index (κ3) is 1.23. The van der Waals surface area contributed by atoms with E-state index in [9.17, 15) is 10.2 Å². The first-order valence-electron chi connectivity index (χ1n) is 5.00. The molecule has 2 aromatic carbocycles. The molecular formula is C12H10N2O2S. The normalized spacial score (nSPS) is 11.3. The highest BCUT2D eigenvalue weighted by molar-refractivity contribution is 7.26. The molecule has 3 aromatic rings. The molecule has 1 aromatic heterocycles. The van der Waals surface area contributed by atoms with E-state index in [-0.39, 0.29) is 11.5 Å². The molecule has 86 valence electrons. The van der Waals surface area contributed by atoms with Crippen molar-refractivity contribution in [2.45, 2.75) is 0 Å². The van der Waals surface area contributed by atoms with Gasteiger partial charge in [0.2, 0.25) is 0 Å². The van der Waals surface area contributed by atoms with Crippen LogP contribution in [0.2, 0.25) is 0 Å². The summed E-state index contributed by atoms with van der Waals surface area (Å²) in [6, 6.07) is 6.94. The van der Waals surface area contributed by atoms with Gasteiger partial charge in [0.05, 0.1) is 11.4 Å². The van der Waals surface area contributed by atoms with Crippen molar-refractivity contribution in [1.82, 2.24) is 0 Å². The van der Waals surface area contributed by atoms with E-state index in [1.165, 1.54) is 11.3 Å². The van der Waals surface area contributed by atoms with Gasteiger partial charge in [-0.1, -0.05) is 0 Å². The second kappa shape index (κ2) is 3.18. The van der Waals surface area contributed by atoms with E-state index in [0.717, 1.165) is 9.40 Å². The average molecular weight is 246 g/mol. The lowest BCUT2D eigenvalue weighted by atomic mass is 10.1. The van der Waals surface area contributed by atoms with Crippen LogP contribution in [0.4, 0.5) is 11.4 Å². The molecule has 0 aliphatic heterocycles. The lowest BCUT2D eigenvalue weighted by Crippen LogP contribution is -1.86. The minimum absolute atomic E-state index is 0.00495. The summed E-state index contributed by atoms with van der Waals surface area (Å²) in [6.45, 7) is 0. The maximum absolute atomic E-state index is 9.99. The summed E-state index contributed by atoms with van der Waals surface area (Å²) in [7, 11) is 0. The van der Waals surface area contributed by atoms with Gasteiger partial charge in [0.25, 0.3) is 0 Å². The van der Waals surface area contributed by atoms with Crippen LogP contribution >= 0.6 is 11.3 Å². The first-order valence-corrected chi connectivity index (χ1v) is 5.82. The van der Waals surface area contributed by atoms with Crippen molar-refractivity contribution in [1.29, 1.82) is 0 Å². The number of hydrogen-bond donors (Lipinski definition) is 4. The maximum atomic E-state index is 9.99. The van der Waals surface area contributed by atoms with Crippen molar-refractivity contribution in [3.05, 3.63) is 24.3 Å². The molecule has 5 heteroatoms. The molecular weight excluding hydrogens is 236 g/mol. The number of phenols is 2. The van der Waals surface area contributed by atoms with E-state index < -0.39 is 0 Å². The molecule has 6 N–H and O–H groups in total. The topological polar surface area (TPSA) is 92.5 Å². The lowest BCUT2D eigenvalue weighted by Gasteiger charge is -2.03. The Morgan fingerprint density at radius 1 is 0.765 bits per heavy atom. The number of benzene rings is 2. The van der Waals surface area contributed by atoms with Gasteiger partial charge in [-0.05, 0) is 24.3 Å². The number of anilines is 2. The first-order chi connectivity index (χ1) is 8.09. The molecule has 0 aliphatic rings. The zero-order valence-electron chi connectivity index (χ0n) is 8.77. The quantitative estimate of drug-likeness (QED) is 0.362. The fraction of sp³-hybridized carbons (Fsp3) is 0. The van der Waals surface area contributed by atoms with Crippen molar-refractivity contribution in [2.24, 2.45) is 0 Å². The number of thiophene rings is 1. The standard InChI is InChI=1S/C12H10N2O2S/c13-5-1-3-7-9(11(5)15)10-8(17-7)4-2-6(14)12(10)16/h1-4,15-16H,13-14H2. The minimum atomic E-state index is -0.00495. The van der Waals surface area contributed by atoms with Crippen LogP contribution in [-0.2, 0) is 0 Å². The molecule has 0 saturated heterocycles. The Labute approximate surface area is 101 Å². The Hall–Kier alpha value is -2.14. The second-order valence-electron chi connectivity index (χ2n) is 3.86. The van der Waals surface area contributed by atoms with E-state index in [4.69, 9.17) is 11.5 Å². The molecule has 0 bridgehead atoms. The zero-order valence-corrected chi connectivity index (χ0v) is 9.58. The number of aromatic hydroxyl groups is 2. The Morgan fingerprint density at radius 2 is 1.18 bits per heavy atom. The zero-order chi connectivity index (χ0) is 12.2. The Kier molecular flexibility index (Phi) is 1.88. The van der Waals surface area contributed by atoms with Gasteiger partial charge in [-0.25, -0.2) is 0 Å². The highest BCUT2D eigenvalue weighted by atomic mass is 32.1. The third-order valence-corrected chi connectivity index (χ3v) is 3.93. The summed E-state index contributed by atoms with van der Waals surface area (Å²) in [5.41, 5.74) is 11.9. The van der Waals surface area contributed by atoms with Gasteiger partial charge in [-0.15, -0.1) is 11.3 Å². The molecule has 0 spiro atoms. The van der Waals surface area contributed by atoms with Gasteiger partial charge in [0.15, 0.2) is 0 Å². The molecule has 0 unspecified atom stereocenters. The van der Waals surface area contributed by atoms with Crippen LogP contribution < -0.4 is 11.5 Å². The first kappa shape index (κ1) is 10.0. The average Bonchev–Trinajstić information content (AvgIpc) is 2.69. The molecule has 0 aliphatic carbocycles. The van der Waals surface area contributed by atoms with Gasteiger partial charge < -0.3 is 21.7 Å². The molecule has 0 amide bonds. The van der Waals surface area contributed by atoms with Crippen molar-refractivity contribution in [2.75, 3.05) is 11.5 Å². The van der Waals surface area contributed by atoms with Gasteiger partial charge >= 0.3 is 0 Å². The van der Waals surface area contributed by atoms with Crippen molar-refractivity contribution in [3.63, 3.8) is 0 Å². The van der Waals surface area contributed by atoms with E-state index in [1.807, 2.05) is 12.1 Å². The van der Waals surface area contributed by atoms with Gasteiger partial charge in [-0.3, -0.25) is 0 Å². The Bertz CT molecular complexity index is 687. The predicted molar refractivity (Wildman–Crippen MR) is 71.5 cm³/mol. The molecule has 4 nitrogen and oxygen atoms in total. The minimum Gasteiger partial charge on any atom is -0.505 e. The molecule has 3 rings (SSSR count). The molecule has 0 saturated carbocycles.